The summed E-state index contributed by atoms with van der Waals surface area (Å²) >= 11 is 0. The smallest absolute Gasteiger partial charge is 0.229 e. The Morgan fingerprint density at radius 3 is 2.57 bits per heavy atom. The van der Waals surface area contributed by atoms with Crippen LogP contribution < -0.4 is 5.32 Å². The van der Waals surface area contributed by atoms with Gasteiger partial charge in [0.25, 0.3) is 0 Å². The van der Waals surface area contributed by atoms with Gasteiger partial charge in [-0.15, -0.1) is 0 Å². The van der Waals surface area contributed by atoms with Gasteiger partial charge in [0.1, 0.15) is 0 Å². The molecule has 118 valence electrons. The Morgan fingerprint density at radius 1 is 1.26 bits per heavy atom. The zero-order chi connectivity index (χ0) is 16.2. The van der Waals surface area contributed by atoms with Crippen molar-refractivity contribution in [2.24, 2.45) is 5.92 Å². The van der Waals surface area contributed by atoms with Crippen molar-refractivity contribution < 1.29 is 9.59 Å². The molecule has 0 aliphatic carbocycles. The molecule has 1 N–H and O–H groups in total. The summed E-state index contributed by atoms with van der Waals surface area (Å²) in [5, 5.41) is 2.78. The van der Waals surface area contributed by atoms with E-state index in [1.54, 1.807) is 17.3 Å². The van der Waals surface area contributed by atoms with Gasteiger partial charge in [-0.2, -0.15) is 0 Å². The largest absolute Gasteiger partial charge is 0.342 e. The van der Waals surface area contributed by atoms with Crippen LogP contribution in [-0.4, -0.2) is 39.8 Å². The van der Waals surface area contributed by atoms with E-state index in [4.69, 9.17) is 0 Å². The van der Waals surface area contributed by atoms with Crippen molar-refractivity contribution in [3.05, 3.63) is 42.7 Å². The Hall–Kier alpha value is -2.76. The first-order chi connectivity index (χ1) is 11.2. The SMILES string of the molecule is CCN1C[C@@H](C(=O)Nc2cnc(-c3ccccc3)nc2)CC1=O. The van der Waals surface area contributed by atoms with Gasteiger partial charge in [0.05, 0.1) is 24.0 Å². The van der Waals surface area contributed by atoms with Crippen molar-refractivity contribution >= 4 is 17.5 Å². The average Bonchev–Trinajstić information content (AvgIpc) is 2.97. The van der Waals surface area contributed by atoms with Gasteiger partial charge in [-0.3, -0.25) is 9.59 Å². The third-order valence-electron chi connectivity index (χ3n) is 3.92. The summed E-state index contributed by atoms with van der Waals surface area (Å²) in [7, 11) is 0. The molecule has 1 saturated heterocycles. The number of amides is 2. The number of benzene rings is 1. The van der Waals surface area contributed by atoms with E-state index in [-0.39, 0.29) is 24.2 Å². The highest BCUT2D eigenvalue weighted by Gasteiger charge is 2.33. The molecular formula is C17H18N4O2. The number of anilines is 1. The monoisotopic (exact) mass is 310 g/mol. The molecule has 1 atom stereocenters. The lowest BCUT2D eigenvalue weighted by Crippen LogP contribution is -2.28. The summed E-state index contributed by atoms with van der Waals surface area (Å²) in [6.45, 7) is 3.02. The van der Waals surface area contributed by atoms with E-state index in [1.165, 1.54) is 0 Å². The van der Waals surface area contributed by atoms with Crippen LogP contribution in [0.5, 0.6) is 0 Å². The molecule has 6 nitrogen and oxygen atoms in total. The predicted molar refractivity (Wildman–Crippen MR) is 86.5 cm³/mol. The van der Waals surface area contributed by atoms with Gasteiger partial charge in [-0.25, -0.2) is 9.97 Å². The molecule has 2 amide bonds. The first-order valence-electron chi connectivity index (χ1n) is 7.63. The highest BCUT2D eigenvalue weighted by atomic mass is 16.2. The van der Waals surface area contributed by atoms with Crippen LogP contribution in [0.2, 0.25) is 0 Å². The Labute approximate surface area is 134 Å². The Kier molecular flexibility index (Phi) is 4.32. The molecule has 1 aromatic carbocycles. The summed E-state index contributed by atoms with van der Waals surface area (Å²) in [4.78, 5) is 34.2. The second kappa shape index (κ2) is 6.56. The molecule has 1 aromatic heterocycles. The van der Waals surface area contributed by atoms with Gasteiger partial charge in [0.15, 0.2) is 5.82 Å². The van der Waals surface area contributed by atoms with Crippen molar-refractivity contribution in [1.29, 1.82) is 0 Å². The molecule has 3 rings (SSSR count). The van der Waals surface area contributed by atoms with Crippen molar-refractivity contribution in [2.45, 2.75) is 13.3 Å². The molecule has 0 saturated carbocycles. The van der Waals surface area contributed by atoms with Crippen LogP contribution in [0.4, 0.5) is 5.69 Å². The number of nitrogens with zero attached hydrogens (tertiary/aromatic N) is 3. The van der Waals surface area contributed by atoms with Crippen molar-refractivity contribution in [2.75, 3.05) is 18.4 Å². The van der Waals surface area contributed by atoms with Crippen molar-refractivity contribution in [3.8, 4) is 11.4 Å². The highest BCUT2D eigenvalue weighted by Crippen LogP contribution is 2.20. The normalized spacial score (nSPS) is 17.3. The minimum Gasteiger partial charge on any atom is -0.342 e. The fourth-order valence-electron chi connectivity index (χ4n) is 2.63. The molecule has 2 aromatic rings. The summed E-state index contributed by atoms with van der Waals surface area (Å²) < 4.78 is 0. The average molecular weight is 310 g/mol. The molecule has 1 fully saturated rings. The fourth-order valence-corrected chi connectivity index (χ4v) is 2.63. The quantitative estimate of drug-likeness (QED) is 0.936. The molecule has 23 heavy (non-hydrogen) atoms. The predicted octanol–water partition coefficient (Wildman–Crippen LogP) is 1.95. The molecule has 1 aliphatic rings. The number of carbonyl (C=O) groups excluding carboxylic acids is 2. The molecule has 0 spiro atoms. The molecule has 0 radical (unpaired) electrons. The molecule has 1 aliphatic heterocycles. The van der Waals surface area contributed by atoms with E-state index in [0.717, 1.165) is 5.56 Å². The number of nitrogens with one attached hydrogen (secondary N) is 1. The molecule has 2 heterocycles. The van der Waals surface area contributed by atoms with E-state index in [2.05, 4.69) is 15.3 Å². The van der Waals surface area contributed by atoms with Crippen molar-refractivity contribution in [1.82, 2.24) is 14.9 Å². The van der Waals surface area contributed by atoms with Crippen LogP contribution in [0.1, 0.15) is 13.3 Å². The second-order valence-corrected chi connectivity index (χ2v) is 5.48. The van der Waals surface area contributed by atoms with Crippen LogP contribution >= 0.6 is 0 Å². The number of aromatic nitrogens is 2. The fraction of sp³-hybridized carbons (Fsp3) is 0.294. The van der Waals surface area contributed by atoms with E-state index >= 15 is 0 Å². The first kappa shape index (κ1) is 15.1. The maximum absolute atomic E-state index is 12.2. The van der Waals surface area contributed by atoms with Crippen LogP contribution in [-0.2, 0) is 9.59 Å². The van der Waals surface area contributed by atoms with Gasteiger partial charge in [-0.1, -0.05) is 30.3 Å². The van der Waals surface area contributed by atoms with Crippen molar-refractivity contribution in [3.63, 3.8) is 0 Å². The summed E-state index contributed by atoms with van der Waals surface area (Å²) in [5.74, 6) is 0.168. The molecule has 6 heteroatoms. The number of carbonyl (C=O) groups is 2. The number of hydrogen-bond acceptors (Lipinski definition) is 4. The van der Waals surface area contributed by atoms with E-state index < -0.39 is 0 Å². The number of likely N-dealkylation sites (tertiary alicyclic amines) is 1. The Bertz CT molecular complexity index is 700. The standard InChI is InChI=1S/C17H18N4O2/c1-2-21-11-13(8-15(21)22)17(23)20-14-9-18-16(19-10-14)12-6-4-3-5-7-12/h3-7,9-10,13H,2,8,11H2,1H3,(H,20,23)/t13-/m0/s1. The van der Waals surface area contributed by atoms with E-state index in [9.17, 15) is 9.59 Å². The minimum absolute atomic E-state index is 0.0309. The summed E-state index contributed by atoms with van der Waals surface area (Å²) in [5.41, 5.74) is 1.46. The third kappa shape index (κ3) is 3.36. The number of rotatable bonds is 4. The van der Waals surface area contributed by atoms with Crippen LogP contribution in [0, 0.1) is 5.92 Å². The maximum Gasteiger partial charge on any atom is 0.229 e. The van der Waals surface area contributed by atoms with Gasteiger partial charge in [0, 0.05) is 25.1 Å². The van der Waals surface area contributed by atoms with Gasteiger partial charge < -0.3 is 10.2 Å². The third-order valence-corrected chi connectivity index (χ3v) is 3.92. The van der Waals surface area contributed by atoms with Gasteiger partial charge in [-0.05, 0) is 6.92 Å². The highest BCUT2D eigenvalue weighted by molar-refractivity contribution is 5.97. The topological polar surface area (TPSA) is 75.2 Å². The van der Waals surface area contributed by atoms with E-state index in [1.807, 2.05) is 37.3 Å². The summed E-state index contributed by atoms with van der Waals surface area (Å²) in [6.07, 6.45) is 3.44. The van der Waals surface area contributed by atoms with E-state index in [0.29, 0.717) is 24.6 Å². The first-order valence-corrected chi connectivity index (χ1v) is 7.63. The van der Waals surface area contributed by atoms with Crippen LogP contribution in [0.15, 0.2) is 42.7 Å². The maximum atomic E-state index is 12.2. The second-order valence-electron chi connectivity index (χ2n) is 5.48. The minimum atomic E-state index is -0.309. The molecule has 0 unspecified atom stereocenters. The Morgan fingerprint density at radius 2 is 1.96 bits per heavy atom. The zero-order valence-electron chi connectivity index (χ0n) is 12.9. The van der Waals surface area contributed by atoms with Gasteiger partial charge in [0.2, 0.25) is 11.8 Å². The lowest BCUT2D eigenvalue weighted by atomic mass is 10.1. The lowest BCUT2D eigenvalue weighted by Gasteiger charge is -2.13. The molecular weight excluding hydrogens is 292 g/mol. The van der Waals surface area contributed by atoms with Gasteiger partial charge >= 0.3 is 0 Å². The van der Waals surface area contributed by atoms with Crippen LogP contribution in [0.25, 0.3) is 11.4 Å². The molecule has 0 bridgehead atoms. The van der Waals surface area contributed by atoms with Crippen LogP contribution in [0.3, 0.4) is 0 Å². The summed E-state index contributed by atoms with van der Waals surface area (Å²) in [6, 6.07) is 9.63. The lowest BCUT2D eigenvalue weighted by molar-refractivity contribution is -0.128. The zero-order valence-corrected chi connectivity index (χ0v) is 12.9. The Balaban J connectivity index is 1.65. The number of hydrogen-bond donors (Lipinski definition) is 1.